The molecule has 0 radical (unpaired) electrons. The fourth-order valence-electron chi connectivity index (χ4n) is 2.39. The van der Waals surface area contributed by atoms with E-state index in [0.29, 0.717) is 24.4 Å². The Balaban J connectivity index is 1.91. The average Bonchev–Trinajstić information content (AvgIpc) is 2.78. The third kappa shape index (κ3) is 3.17. The van der Waals surface area contributed by atoms with E-state index in [1.54, 1.807) is 6.07 Å². The minimum atomic E-state index is -0.798. The van der Waals surface area contributed by atoms with E-state index >= 15 is 0 Å². The molecule has 1 saturated carbocycles. The monoisotopic (exact) mass is 259 g/mol. The Hall–Kier alpha value is -0.670. The van der Waals surface area contributed by atoms with E-state index in [1.807, 2.05) is 0 Å². The Morgan fingerprint density at radius 3 is 2.76 bits per heavy atom. The lowest BCUT2D eigenvalue weighted by molar-refractivity contribution is 0.428. The summed E-state index contributed by atoms with van der Waals surface area (Å²) in [6.45, 7) is 0.565. The van der Waals surface area contributed by atoms with Crippen molar-refractivity contribution in [1.29, 1.82) is 0 Å². The largest absolute Gasteiger partial charge is 0.310 e. The van der Waals surface area contributed by atoms with Gasteiger partial charge in [0.25, 0.3) is 0 Å². The van der Waals surface area contributed by atoms with Gasteiger partial charge in [-0.15, -0.1) is 11.6 Å². The molecule has 1 aromatic rings. The molecule has 1 aliphatic rings. The summed E-state index contributed by atoms with van der Waals surface area (Å²) in [6, 6.07) is 4.42. The maximum absolute atomic E-state index is 13.0. The van der Waals surface area contributed by atoms with Crippen LogP contribution in [0.2, 0.25) is 0 Å². The second-order valence-corrected chi connectivity index (χ2v) is 4.89. The number of hydrogen-bond acceptors (Lipinski definition) is 1. The van der Waals surface area contributed by atoms with Crippen LogP contribution >= 0.6 is 11.6 Å². The molecule has 94 valence electrons. The lowest BCUT2D eigenvalue weighted by Crippen LogP contribution is -2.32. The topological polar surface area (TPSA) is 12.0 Å². The molecule has 4 heteroatoms. The normalized spacial score (nSPS) is 24.2. The summed E-state index contributed by atoms with van der Waals surface area (Å²) in [6.07, 6.45) is 3.45. The van der Waals surface area contributed by atoms with Crippen molar-refractivity contribution < 1.29 is 8.78 Å². The highest BCUT2D eigenvalue weighted by molar-refractivity contribution is 6.18. The molecule has 2 atom stereocenters. The summed E-state index contributed by atoms with van der Waals surface area (Å²) >= 11 is 5.88. The van der Waals surface area contributed by atoms with E-state index < -0.39 is 11.6 Å². The molecule has 0 amide bonds. The van der Waals surface area contributed by atoms with Crippen molar-refractivity contribution in [2.45, 2.75) is 31.8 Å². The van der Waals surface area contributed by atoms with E-state index in [2.05, 4.69) is 5.32 Å². The van der Waals surface area contributed by atoms with Gasteiger partial charge in [-0.1, -0.05) is 12.5 Å². The molecule has 0 aliphatic heterocycles. The number of halogens is 3. The van der Waals surface area contributed by atoms with Gasteiger partial charge in [0.05, 0.1) is 0 Å². The van der Waals surface area contributed by atoms with Crippen LogP contribution < -0.4 is 5.32 Å². The molecular formula is C13H16ClF2N. The summed E-state index contributed by atoms with van der Waals surface area (Å²) in [5.41, 5.74) is 0.768. The van der Waals surface area contributed by atoms with E-state index in [0.717, 1.165) is 18.4 Å². The molecule has 1 fully saturated rings. The first kappa shape index (κ1) is 12.8. The van der Waals surface area contributed by atoms with Crippen molar-refractivity contribution in [1.82, 2.24) is 5.32 Å². The molecule has 1 nitrogen and oxygen atoms in total. The van der Waals surface area contributed by atoms with Crippen molar-refractivity contribution in [2.24, 2.45) is 5.92 Å². The third-order valence-corrected chi connectivity index (χ3v) is 3.81. The smallest absolute Gasteiger partial charge is 0.159 e. The first-order chi connectivity index (χ1) is 8.20. The van der Waals surface area contributed by atoms with Gasteiger partial charge in [0.2, 0.25) is 0 Å². The van der Waals surface area contributed by atoms with E-state index in [1.165, 1.54) is 18.6 Å². The number of nitrogens with one attached hydrogen (secondary N) is 1. The van der Waals surface area contributed by atoms with Crippen molar-refractivity contribution in [3.05, 3.63) is 35.4 Å². The van der Waals surface area contributed by atoms with E-state index in [4.69, 9.17) is 11.6 Å². The van der Waals surface area contributed by atoms with Crippen molar-refractivity contribution in [3.8, 4) is 0 Å². The summed E-state index contributed by atoms with van der Waals surface area (Å²) < 4.78 is 25.7. The molecule has 2 rings (SSSR count). The minimum Gasteiger partial charge on any atom is -0.310 e. The Morgan fingerprint density at radius 2 is 2.06 bits per heavy atom. The van der Waals surface area contributed by atoms with Gasteiger partial charge in [-0.3, -0.25) is 0 Å². The van der Waals surface area contributed by atoms with Crippen molar-refractivity contribution >= 4 is 11.6 Å². The predicted octanol–water partition coefficient (Wildman–Crippen LogP) is 3.46. The second-order valence-electron chi connectivity index (χ2n) is 4.58. The average molecular weight is 260 g/mol. The molecule has 0 saturated heterocycles. The van der Waals surface area contributed by atoms with Crippen LogP contribution in [0.15, 0.2) is 18.2 Å². The molecule has 2 unspecified atom stereocenters. The van der Waals surface area contributed by atoms with Crippen LogP contribution in [0.5, 0.6) is 0 Å². The van der Waals surface area contributed by atoms with Gasteiger partial charge < -0.3 is 5.32 Å². The standard InChI is InChI=1S/C13H16ClF2N/c14-7-10-2-1-3-13(10)17-8-9-4-5-11(15)12(16)6-9/h4-6,10,13,17H,1-3,7-8H2. The summed E-state index contributed by atoms with van der Waals surface area (Å²) in [7, 11) is 0. The number of hydrogen-bond donors (Lipinski definition) is 1. The van der Waals surface area contributed by atoms with Crippen LogP contribution in [0.25, 0.3) is 0 Å². The molecule has 1 aromatic carbocycles. The number of rotatable bonds is 4. The van der Waals surface area contributed by atoms with Gasteiger partial charge in [0.1, 0.15) is 0 Å². The number of alkyl halides is 1. The molecule has 0 heterocycles. The van der Waals surface area contributed by atoms with E-state index in [9.17, 15) is 8.78 Å². The Bertz CT molecular complexity index is 384. The van der Waals surface area contributed by atoms with Gasteiger partial charge in [-0.2, -0.15) is 0 Å². The molecule has 0 aromatic heterocycles. The second kappa shape index (κ2) is 5.78. The van der Waals surface area contributed by atoms with Gasteiger partial charge in [-0.25, -0.2) is 8.78 Å². The van der Waals surface area contributed by atoms with Crippen molar-refractivity contribution in [3.63, 3.8) is 0 Å². The van der Waals surface area contributed by atoms with Gasteiger partial charge in [-0.05, 0) is 36.5 Å². The highest BCUT2D eigenvalue weighted by Gasteiger charge is 2.25. The molecular weight excluding hydrogens is 244 g/mol. The molecule has 0 spiro atoms. The first-order valence-electron chi connectivity index (χ1n) is 5.94. The van der Waals surface area contributed by atoms with Gasteiger partial charge in [0, 0.05) is 18.5 Å². The minimum absolute atomic E-state index is 0.403. The van der Waals surface area contributed by atoms with Crippen LogP contribution in [-0.2, 0) is 6.54 Å². The fourth-order valence-corrected chi connectivity index (χ4v) is 2.76. The molecule has 17 heavy (non-hydrogen) atoms. The Kier molecular flexibility index (Phi) is 4.35. The lowest BCUT2D eigenvalue weighted by atomic mass is 10.1. The van der Waals surface area contributed by atoms with Crippen LogP contribution in [0.3, 0.4) is 0 Å². The maximum Gasteiger partial charge on any atom is 0.159 e. The van der Waals surface area contributed by atoms with E-state index in [-0.39, 0.29) is 0 Å². The zero-order valence-corrected chi connectivity index (χ0v) is 10.3. The highest BCUT2D eigenvalue weighted by Crippen LogP contribution is 2.26. The molecule has 1 aliphatic carbocycles. The lowest BCUT2D eigenvalue weighted by Gasteiger charge is -2.18. The van der Waals surface area contributed by atoms with Crippen molar-refractivity contribution in [2.75, 3.05) is 5.88 Å². The zero-order valence-electron chi connectivity index (χ0n) is 9.56. The maximum atomic E-state index is 13.0. The highest BCUT2D eigenvalue weighted by atomic mass is 35.5. The Labute approximate surface area is 105 Å². The van der Waals surface area contributed by atoms with Crippen LogP contribution in [0.4, 0.5) is 8.78 Å². The zero-order chi connectivity index (χ0) is 12.3. The van der Waals surface area contributed by atoms with Gasteiger partial charge >= 0.3 is 0 Å². The third-order valence-electron chi connectivity index (χ3n) is 3.41. The first-order valence-corrected chi connectivity index (χ1v) is 6.47. The SMILES string of the molecule is Fc1ccc(CNC2CCCC2CCl)cc1F. The van der Waals surface area contributed by atoms with Crippen LogP contribution in [0.1, 0.15) is 24.8 Å². The summed E-state index contributed by atoms with van der Waals surface area (Å²) in [5.74, 6) is -0.421. The summed E-state index contributed by atoms with van der Waals surface area (Å²) in [4.78, 5) is 0. The Morgan fingerprint density at radius 1 is 1.24 bits per heavy atom. The quantitative estimate of drug-likeness (QED) is 0.817. The fraction of sp³-hybridized carbons (Fsp3) is 0.538. The van der Waals surface area contributed by atoms with Crippen LogP contribution in [-0.4, -0.2) is 11.9 Å². The summed E-state index contributed by atoms with van der Waals surface area (Å²) in [5, 5.41) is 3.37. The predicted molar refractivity (Wildman–Crippen MR) is 65.0 cm³/mol. The molecule has 1 N–H and O–H groups in total. The molecule has 0 bridgehead atoms. The van der Waals surface area contributed by atoms with Crippen LogP contribution in [0, 0.1) is 17.6 Å². The van der Waals surface area contributed by atoms with Gasteiger partial charge in [0.15, 0.2) is 11.6 Å². The number of benzene rings is 1.